The molecule has 0 saturated carbocycles. The van der Waals surface area contributed by atoms with Crippen molar-refractivity contribution < 1.29 is 26.2 Å². The first-order chi connectivity index (χ1) is 13.9. The van der Waals surface area contributed by atoms with E-state index in [0.29, 0.717) is 5.71 Å². The summed E-state index contributed by atoms with van der Waals surface area (Å²) in [5.74, 6) is 0. The fourth-order valence-corrected chi connectivity index (χ4v) is 3.57. The summed E-state index contributed by atoms with van der Waals surface area (Å²) in [6.45, 7) is 3.17. The quantitative estimate of drug-likeness (QED) is 0.119. The van der Waals surface area contributed by atoms with Crippen LogP contribution in [0, 0.1) is 6.33 Å². The van der Waals surface area contributed by atoms with Crippen molar-refractivity contribution in [3.05, 3.63) is 67.1 Å². The van der Waals surface area contributed by atoms with Gasteiger partial charge in [-0.3, -0.25) is 0 Å². The normalized spacial score (nSPS) is 11.1. The summed E-state index contributed by atoms with van der Waals surface area (Å²) in [5.41, 5.74) is 4.83. The Morgan fingerprint density at radius 2 is 1.89 bits per heavy atom. The zero-order valence-electron chi connectivity index (χ0n) is 15.3. The molecule has 0 unspecified atom stereocenters. The second kappa shape index (κ2) is 8.78. The van der Waals surface area contributed by atoms with Crippen LogP contribution in [0.1, 0.15) is 19.8 Å². The Kier molecular flexibility index (Phi) is 6.16. The average molecular weight is 576 g/mol. The van der Waals surface area contributed by atoms with Gasteiger partial charge in [-0.1, -0.05) is 55.8 Å². The molecule has 0 atom stereocenters. The zero-order valence-corrected chi connectivity index (χ0v) is 19.0. The van der Waals surface area contributed by atoms with Crippen LogP contribution in [0.5, 0.6) is 0 Å². The number of pyridine rings is 1. The molecule has 28 heavy (non-hydrogen) atoms. The fraction of sp³-hybridized carbons (Fsp3) is 0.182. The van der Waals surface area contributed by atoms with Crippen LogP contribution in [-0.2, 0) is 23.8 Å². The summed E-state index contributed by atoms with van der Waals surface area (Å²) in [4.78, 5) is 4.37. The van der Waals surface area contributed by atoms with Gasteiger partial charge in [-0.25, -0.2) is 4.98 Å². The number of para-hydroxylation sites is 3. The van der Waals surface area contributed by atoms with E-state index >= 15 is 0 Å². The second-order valence-corrected chi connectivity index (χ2v) is 6.54. The van der Waals surface area contributed by atoms with Crippen molar-refractivity contribution in [2.75, 3.05) is 0 Å². The first-order valence-electron chi connectivity index (χ1n) is 9.17. The van der Waals surface area contributed by atoms with Crippen molar-refractivity contribution in [3.63, 3.8) is 0 Å². The fourth-order valence-electron chi connectivity index (χ4n) is 3.57. The standard InChI is InChI=1S/C22H19N3O.Ag.HI/c1-2-3-14-24-15-25(19-11-5-4-10-18(19)24)20-12-6-8-16-17-9-7-13-23-22(17)26-21(16)20;;/h4-13H,2-3,14H2,1H3;;1H/q;+1;/p-1. The molecule has 0 bridgehead atoms. The summed E-state index contributed by atoms with van der Waals surface area (Å²) >= 11 is 4.88. The molecule has 5 rings (SSSR count). The van der Waals surface area contributed by atoms with Crippen molar-refractivity contribution >= 4 is 52.1 Å². The van der Waals surface area contributed by atoms with Gasteiger partial charge >= 0.3 is 36.3 Å². The minimum absolute atomic E-state index is 0.672. The molecule has 5 aromatic rings. The summed E-state index contributed by atoms with van der Waals surface area (Å²) in [7, 11) is 0. The Hall–Kier alpha value is -1.67. The molecule has 0 aliphatic carbocycles. The third-order valence-electron chi connectivity index (χ3n) is 4.86. The van der Waals surface area contributed by atoms with E-state index in [-0.39, 0.29) is 0 Å². The topological polar surface area (TPSA) is 34.8 Å². The molecule has 2 aromatic carbocycles. The Morgan fingerprint density at radius 3 is 2.75 bits per heavy atom. The molecule has 3 aromatic heterocycles. The molecular formula is C22H19AgIN3O. The van der Waals surface area contributed by atoms with Crippen molar-refractivity contribution in [1.82, 2.24) is 9.55 Å². The molecule has 0 radical (unpaired) electrons. The van der Waals surface area contributed by atoms with Crippen LogP contribution in [0.4, 0.5) is 0 Å². The summed E-state index contributed by atoms with van der Waals surface area (Å²) in [5, 5.41) is 2.12. The van der Waals surface area contributed by atoms with Gasteiger partial charge in [0.2, 0.25) is 12.0 Å². The number of nitrogens with zero attached hydrogens (tertiary/aromatic N) is 3. The zero-order chi connectivity index (χ0) is 19.5. The third kappa shape index (κ3) is 3.41. The molecule has 4 nitrogen and oxygen atoms in total. The number of aryl methyl sites for hydroxylation is 1. The van der Waals surface area contributed by atoms with E-state index in [1.54, 1.807) is 6.20 Å². The van der Waals surface area contributed by atoms with Crippen molar-refractivity contribution in [2.24, 2.45) is 0 Å². The van der Waals surface area contributed by atoms with E-state index in [9.17, 15) is 0 Å². The van der Waals surface area contributed by atoms with Gasteiger partial charge in [0, 0.05) is 17.0 Å². The molecule has 0 aliphatic rings. The molecule has 3 heterocycles. The Bertz CT molecular complexity index is 1240. The minimum atomic E-state index is 0.672. The molecule has 0 fully saturated rings. The molecule has 0 aliphatic heterocycles. The van der Waals surface area contributed by atoms with Gasteiger partial charge in [-0.15, -0.1) is 0 Å². The van der Waals surface area contributed by atoms with E-state index in [0.717, 1.165) is 46.9 Å². The number of benzene rings is 2. The molecule has 0 N–H and O–H groups in total. The van der Waals surface area contributed by atoms with Crippen LogP contribution in [-0.4, -0.2) is 9.55 Å². The van der Waals surface area contributed by atoms with E-state index in [4.69, 9.17) is 4.42 Å². The van der Waals surface area contributed by atoms with Crippen LogP contribution in [0.3, 0.4) is 0 Å². The van der Waals surface area contributed by atoms with Gasteiger partial charge in [0.05, 0.1) is 23.3 Å². The molecule has 0 saturated heterocycles. The van der Waals surface area contributed by atoms with Gasteiger partial charge in [-0.05, 0) is 18.6 Å². The van der Waals surface area contributed by atoms with Crippen molar-refractivity contribution in [2.45, 2.75) is 26.3 Å². The average Bonchev–Trinajstić information content (AvgIpc) is 3.32. The molecule has 146 valence electrons. The number of furan rings is 1. The van der Waals surface area contributed by atoms with Gasteiger partial charge in [-0.2, -0.15) is 0 Å². The number of unbranched alkanes of at least 4 members (excludes halogenated alkanes) is 1. The monoisotopic (exact) mass is 575 g/mol. The maximum atomic E-state index is 6.12. The number of rotatable bonds is 4. The van der Waals surface area contributed by atoms with Crippen LogP contribution in [0.15, 0.2) is 65.2 Å². The SMILES string of the molecule is CCCCn1[c-][n+](-c2cccc3c2oc2ncccc23)c2ccccc21.[Ag][I]. The summed E-state index contributed by atoms with van der Waals surface area (Å²) in [6, 6.07) is 18.7. The molecule has 6 heteroatoms. The maximum absolute atomic E-state index is 6.12. The second-order valence-electron chi connectivity index (χ2n) is 6.54. The van der Waals surface area contributed by atoms with Crippen LogP contribution in [0.2, 0.25) is 0 Å². The third-order valence-corrected chi connectivity index (χ3v) is 4.86. The summed E-state index contributed by atoms with van der Waals surface area (Å²) < 4.78 is 10.4. The predicted octanol–water partition coefficient (Wildman–Crippen LogP) is 5.70. The van der Waals surface area contributed by atoms with Crippen molar-refractivity contribution in [3.8, 4) is 5.69 Å². The molecular weight excluding hydrogens is 557 g/mol. The van der Waals surface area contributed by atoms with Gasteiger partial charge in [0.25, 0.3) is 0 Å². The van der Waals surface area contributed by atoms with Gasteiger partial charge in [0.15, 0.2) is 0 Å². The van der Waals surface area contributed by atoms with Gasteiger partial charge < -0.3 is 13.6 Å². The van der Waals surface area contributed by atoms with Crippen molar-refractivity contribution in [1.29, 1.82) is 0 Å². The number of hydrogen-bond acceptors (Lipinski definition) is 2. The number of aromatic nitrogens is 3. The Morgan fingerprint density at radius 1 is 1.07 bits per heavy atom. The number of fused-ring (bicyclic) bond motifs is 4. The molecule has 0 spiro atoms. The van der Waals surface area contributed by atoms with E-state index in [1.165, 1.54) is 5.52 Å². The Balaban J connectivity index is 0.000000932. The summed E-state index contributed by atoms with van der Waals surface area (Å²) in [6.07, 6.45) is 7.59. The van der Waals surface area contributed by atoms with E-state index in [2.05, 4.69) is 93.2 Å². The van der Waals surface area contributed by atoms with E-state index < -0.39 is 0 Å². The number of imidazole rings is 1. The van der Waals surface area contributed by atoms with Crippen LogP contribution < -0.4 is 4.57 Å². The first-order valence-corrected chi connectivity index (χ1v) is 13.6. The number of hydrogen-bond donors (Lipinski definition) is 0. The van der Waals surface area contributed by atoms with Crippen LogP contribution >= 0.6 is 19.0 Å². The Labute approximate surface area is 186 Å². The van der Waals surface area contributed by atoms with Gasteiger partial charge in [0.1, 0.15) is 5.58 Å². The number of halogens is 1. The first kappa shape index (κ1) is 19.6. The van der Waals surface area contributed by atoms with E-state index in [1.807, 2.05) is 25.1 Å². The molecule has 0 amide bonds. The predicted molar refractivity (Wildman–Crippen MR) is 116 cm³/mol. The van der Waals surface area contributed by atoms with Crippen LogP contribution in [0.25, 0.3) is 38.8 Å².